The summed E-state index contributed by atoms with van der Waals surface area (Å²) in [6, 6.07) is 6.38. The molecule has 0 atom stereocenters. The Labute approximate surface area is 116 Å². The van der Waals surface area contributed by atoms with E-state index in [0.717, 1.165) is 0 Å². The number of anilines is 1. The molecule has 20 heavy (non-hydrogen) atoms. The van der Waals surface area contributed by atoms with Gasteiger partial charge in [-0.1, -0.05) is 6.07 Å². The van der Waals surface area contributed by atoms with Crippen molar-refractivity contribution < 1.29 is 23.9 Å². The topological polar surface area (TPSA) is 93.7 Å². The molecule has 1 aromatic carbocycles. The zero-order valence-electron chi connectivity index (χ0n) is 11.3. The first-order valence-corrected chi connectivity index (χ1v) is 5.87. The number of carbonyl (C=O) groups is 3. The molecule has 2 amide bonds. The minimum atomic E-state index is -0.592. The zero-order chi connectivity index (χ0) is 15.0. The van der Waals surface area contributed by atoms with Gasteiger partial charge >= 0.3 is 12.1 Å². The fourth-order valence-electron chi connectivity index (χ4n) is 1.42. The third-order valence-corrected chi connectivity index (χ3v) is 2.37. The van der Waals surface area contributed by atoms with Crippen LogP contribution < -0.4 is 10.6 Å². The van der Waals surface area contributed by atoms with Gasteiger partial charge in [-0.05, 0) is 18.2 Å². The van der Waals surface area contributed by atoms with Crippen molar-refractivity contribution in [1.82, 2.24) is 5.32 Å². The highest BCUT2D eigenvalue weighted by Crippen LogP contribution is 2.11. The van der Waals surface area contributed by atoms with Crippen LogP contribution in [0.4, 0.5) is 10.5 Å². The average Bonchev–Trinajstić information content (AvgIpc) is 2.46. The molecule has 0 radical (unpaired) electrons. The number of methoxy groups -OCH3 is 2. The molecule has 0 spiro atoms. The van der Waals surface area contributed by atoms with Crippen molar-refractivity contribution in [3.05, 3.63) is 29.8 Å². The summed E-state index contributed by atoms with van der Waals surface area (Å²) in [6.45, 7) is 0.162. The number of ether oxygens (including phenoxy) is 2. The Balaban J connectivity index is 2.49. The number of rotatable bonds is 5. The fraction of sp³-hybridized carbons (Fsp3) is 0.308. The molecule has 0 aromatic heterocycles. The first kappa shape index (κ1) is 15.5. The molecule has 0 aliphatic carbocycles. The molecule has 108 valence electrons. The van der Waals surface area contributed by atoms with E-state index in [0.29, 0.717) is 11.3 Å². The lowest BCUT2D eigenvalue weighted by Gasteiger charge is -2.07. The monoisotopic (exact) mass is 280 g/mol. The molecule has 1 aromatic rings. The summed E-state index contributed by atoms with van der Waals surface area (Å²) in [7, 11) is 2.53. The number of hydrogen-bond donors (Lipinski definition) is 2. The van der Waals surface area contributed by atoms with Gasteiger partial charge in [0.15, 0.2) is 0 Å². The summed E-state index contributed by atoms with van der Waals surface area (Å²) < 4.78 is 8.96. The van der Waals surface area contributed by atoms with E-state index in [9.17, 15) is 14.4 Å². The van der Waals surface area contributed by atoms with E-state index in [1.807, 2.05) is 0 Å². The van der Waals surface area contributed by atoms with Crippen LogP contribution in [0.15, 0.2) is 24.3 Å². The highest BCUT2D eigenvalue weighted by molar-refractivity contribution is 5.94. The van der Waals surface area contributed by atoms with E-state index >= 15 is 0 Å². The lowest BCUT2D eigenvalue weighted by Crippen LogP contribution is -2.27. The highest BCUT2D eigenvalue weighted by atomic mass is 16.5. The minimum Gasteiger partial charge on any atom is -0.465 e. The van der Waals surface area contributed by atoms with Gasteiger partial charge < -0.3 is 20.1 Å². The van der Waals surface area contributed by atoms with E-state index in [1.165, 1.54) is 20.3 Å². The van der Waals surface area contributed by atoms with Crippen LogP contribution in [0.2, 0.25) is 0 Å². The third kappa shape index (κ3) is 4.97. The number of benzene rings is 1. The third-order valence-electron chi connectivity index (χ3n) is 2.37. The van der Waals surface area contributed by atoms with Crippen molar-refractivity contribution in [3.8, 4) is 0 Å². The van der Waals surface area contributed by atoms with Crippen molar-refractivity contribution in [2.24, 2.45) is 0 Å². The number of alkyl carbamates (subject to hydrolysis) is 1. The van der Waals surface area contributed by atoms with Crippen molar-refractivity contribution in [2.75, 3.05) is 26.1 Å². The molecule has 0 heterocycles. The molecule has 0 bridgehead atoms. The Kier molecular flexibility index (Phi) is 6.02. The molecule has 0 saturated heterocycles. The lowest BCUT2D eigenvalue weighted by molar-refractivity contribution is -0.116. The molecule has 0 saturated carbocycles. The van der Waals surface area contributed by atoms with Gasteiger partial charge in [-0.25, -0.2) is 9.59 Å². The van der Waals surface area contributed by atoms with Crippen LogP contribution in [0.5, 0.6) is 0 Å². The summed E-state index contributed by atoms with van der Waals surface area (Å²) in [5.74, 6) is -0.767. The first-order chi connectivity index (χ1) is 9.56. The Morgan fingerprint density at radius 2 is 1.90 bits per heavy atom. The van der Waals surface area contributed by atoms with Crippen molar-refractivity contribution in [1.29, 1.82) is 0 Å². The molecular formula is C13H16N2O5. The number of amides is 2. The average molecular weight is 280 g/mol. The molecule has 7 heteroatoms. The van der Waals surface area contributed by atoms with Gasteiger partial charge in [0.2, 0.25) is 5.91 Å². The van der Waals surface area contributed by atoms with Crippen LogP contribution in [0.1, 0.15) is 16.8 Å². The number of esters is 1. The Morgan fingerprint density at radius 1 is 1.15 bits per heavy atom. The quantitative estimate of drug-likeness (QED) is 0.789. The van der Waals surface area contributed by atoms with Crippen LogP contribution in [-0.4, -0.2) is 38.7 Å². The summed E-state index contributed by atoms with van der Waals surface area (Å²) in [5.41, 5.74) is 0.828. The van der Waals surface area contributed by atoms with Crippen LogP contribution in [0, 0.1) is 0 Å². The van der Waals surface area contributed by atoms with E-state index in [-0.39, 0.29) is 18.9 Å². The van der Waals surface area contributed by atoms with Gasteiger partial charge in [0.1, 0.15) is 0 Å². The predicted molar refractivity (Wildman–Crippen MR) is 71.4 cm³/mol. The largest absolute Gasteiger partial charge is 0.465 e. The lowest BCUT2D eigenvalue weighted by atomic mass is 10.2. The normalized spacial score (nSPS) is 9.50. The van der Waals surface area contributed by atoms with E-state index in [4.69, 9.17) is 0 Å². The predicted octanol–water partition coefficient (Wildman–Crippen LogP) is 1.16. The molecule has 0 aliphatic heterocycles. The number of carbonyl (C=O) groups excluding carboxylic acids is 3. The summed E-state index contributed by atoms with van der Waals surface area (Å²) >= 11 is 0. The van der Waals surface area contributed by atoms with Gasteiger partial charge in [-0.3, -0.25) is 4.79 Å². The molecular weight excluding hydrogens is 264 g/mol. The summed E-state index contributed by atoms with van der Waals surface area (Å²) in [5, 5.41) is 5.01. The highest BCUT2D eigenvalue weighted by Gasteiger charge is 2.08. The maximum Gasteiger partial charge on any atom is 0.406 e. The Morgan fingerprint density at radius 3 is 2.55 bits per heavy atom. The summed E-state index contributed by atoms with van der Waals surface area (Å²) in [6.07, 6.45) is -0.497. The minimum absolute atomic E-state index is 0.0948. The van der Waals surface area contributed by atoms with Gasteiger partial charge in [-0.15, -0.1) is 0 Å². The standard InChI is InChI=1S/C13H16N2O5/c1-19-12(17)9-4-3-5-10(8-9)15-11(16)6-7-14-13(18)20-2/h3-5,8H,6-7H2,1-2H3,(H,14,18)(H,15,16). The first-order valence-electron chi connectivity index (χ1n) is 5.87. The van der Waals surface area contributed by atoms with Gasteiger partial charge in [-0.2, -0.15) is 0 Å². The maximum atomic E-state index is 11.6. The zero-order valence-corrected chi connectivity index (χ0v) is 11.3. The number of nitrogens with one attached hydrogen (secondary N) is 2. The molecule has 2 N–H and O–H groups in total. The molecule has 0 fully saturated rings. The van der Waals surface area contributed by atoms with Crippen molar-refractivity contribution in [3.63, 3.8) is 0 Å². The smallest absolute Gasteiger partial charge is 0.406 e. The second kappa shape index (κ2) is 7.78. The SMILES string of the molecule is COC(=O)NCCC(=O)Nc1cccc(C(=O)OC)c1. The van der Waals surface area contributed by atoms with Crippen molar-refractivity contribution in [2.45, 2.75) is 6.42 Å². The van der Waals surface area contributed by atoms with E-state index in [2.05, 4.69) is 20.1 Å². The van der Waals surface area contributed by atoms with Gasteiger partial charge in [0.05, 0.1) is 19.8 Å². The molecule has 0 aliphatic rings. The van der Waals surface area contributed by atoms with Crippen molar-refractivity contribution >= 4 is 23.7 Å². The van der Waals surface area contributed by atoms with Gasteiger partial charge in [0, 0.05) is 18.7 Å². The number of hydrogen-bond acceptors (Lipinski definition) is 5. The molecule has 1 rings (SSSR count). The second-order valence-electron chi connectivity index (χ2n) is 3.79. The fourth-order valence-corrected chi connectivity index (χ4v) is 1.42. The Bertz CT molecular complexity index is 501. The molecule has 7 nitrogen and oxygen atoms in total. The van der Waals surface area contributed by atoms with Gasteiger partial charge in [0.25, 0.3) is 0 Å². The second-order valence-corrected chi connectivity index (χ2v) is 3.79. The Hall–Kier alpha value is -2.57. The molecule has 0 unspecified atom stereocenters. The van der Waals surface area contributed by atoms with E-state index in [1.54, 1.807) is 18.2 Å². The van der Waals surface area contributed by atoms with Crippen LogP contribution in [-0.2, 0) is 14.3 Å². The summed E-state index contributed by atoms with van der Waals surface area (Å²) in [4.78, 5) is 33.7. The van der Waals surface area contributed by atoms with Crippen LogP contribution >= 0.6 is 0 Å². The van der Waals surface area contributed by atoms with Crippen LogP contribution in [0.25, 0.3) is 0 Å². The maximum absolute atomic E-state index is 11.6. The van der Waals surface area contributed by atoms with E-state index < -0.39 is 12.1 Å². The van der Waals surface area contributed by atoms with Crippen LogP contribution in [0.3, 0.4) is 0 Å².